The van der Waals surface area contributed by atoms with E-state index in [4.69, 9.17) is 10.2 Å². The lowest BCUT2D eigenvalue weighted by Gasteiger charge is -2.07. The molecule has 0 aromatic carbocycles. The van der Waals surface area contributed by atoms with Crippen LogP contribution in [-0.2, 0) is 9.59 Å². The van der Waals surface area contributed by atoms with Crippen LogP contribution in [0.5, 0.6) is 0 Å². The molecule has 0 aromatic rings. The van der Waals surface area contributed by atoms with Crippen molar-refractivity contribution < 1.29 is 24.2 Å². The van der Waals surface area contributed by atoms with Crippen molar-refractivity contribution in [1.29, 1.82) is 0 Å². The molecule has 2 N–H and O–H groups in total. The van der Waals surface area contributed by atoms with Crippen molar-refractivity contribution in [2.24, 2.45) is 0 Å². The summed E-state index contributed by atoms with van der Waals surface area (Å²) < 4.78 is 12.2. The molecule has 0 heterocycles. The predicted molar refractivity (Wildman–Crippen MR) is 29.6 cm³/mol. The van der Waals surface area contributed by atoms with Crippen molar-refractivity contribution in [1.82, 2.24) is 0 Å². The van der Waals surface area contributed by atoms with Gasteiger partial charge in [-0.3, -0.25) is 4.79 Å². The molecule has 0 amide bonds. The van der Waals surface area contributed by atoms with Crippen molar-refractivity contribution in [2.45, 2.75) is 11.5 Å². The maximum Gasteiger partial charge on any atom is 0.357 e. The summed E-state index contributed by atoms with van der Waals surface area (Å²) >= 11 is 4.62. The first-order valence-electron chi connectivity index (χ1n) is 2.19. The Bertz CT molecular complexity index is 167. The van der Waals surface area contributed by atoms with Gasteiger partial charge in [0, 0.05) is 0 Å². The molecule has 4 nitrogen and oxygen atoms in total. The molecule has 0 radical (unpaired) electrons. The molecule has 0 aromatic heterocycles. The number of aliphatic carboxylic acids is 2. The Morgan fingerprint density at radius 1 is 1.50 bits per heavy atom. The minimum absolute atomic E-state index is 1.25. The Balaban J connectivity index is 4.13. The molecule has 6 heteroatoms. The molecule has 1 atom stereocenters. The molecule has 0 aliphatic carbocycles. The molecule has 0 fully saturated rings. The number of carboxylic acid groups (broad SMARTS) is 2. The van der Waals surface area contributed by atoms with E-state index in [1.165, 1.54) is 0 Å². The lowest BCUT2D eigenvalue weighted by molar-refractivity contribution is -0.151. The summed E-state index contributed by atoms with van der Waals surface area (Å²) in [5, 5.41) is 12.6. The van der Waals surface area contributed by atoms with E-state index in [9.17, 15) is 14.0 Å². The summed E-state index contributed by atoms with van der Waals surface area (Å²) in [5.41, 5.74) is 0. The standard InChI is InChI=1S/C4H4ClFO4/c5-4(6,3(9)10)1-2(7)8/h1H2,(H,7,8)(H,9,10). The average molecular weight is 171 g/mol. The molecule has 0 aliphatic rings. The van der Waals surface area contributed by atoms with Gasteiger partial charge in [-0.25, -0.2) is 9.18 Å². The van der Waals surface area contributed by atoms with E-state index >= 15 is 0 Å². The van der Waals surface area contributed by atoms with Gasteiger partial charge in [0.15, 0.2) is 0 Å². The van der Waals surface area contributed by atoms with Gasteiger partial charge in [0.05, 0.1) is 0 Å². The number of carbonyl (C=O) groups is 2. The van der Waals surface area contributed by atoms with Crippen LogP contribution in [0, 0.1) is 0 Å². The molecular formula is C4H4ClFO4. The van der Waals surface area contributed by atoms with Gasteiger partial charge >= 0.3 is 11.9 Å². The zero-order valence-electron chi connectivity index (χ0n) is 4.67. The third-order valence-corrected chi connectivity index (χ3v) is 0.981. The summed E-state index contributed by atoms with van der Waals surface area (Å²) in [7, 11) is 0. The van der Waals surface area contributed by atoms with Crippen LogP contribution < -0.4 is 0 Å². The van der Waals surface area contributed by atoms with E-state index in [-0.39, 0.29) is 0 Å². The van der Waals surface area contributed by atoms with Crippen LogP contribution in [-0.4, -0.2) is 27.3 Å². The highest BCUT2D eigenvalue weighted by molar-refractivity contribution is 6.33. The maximum absolute atomic E-state index is 12.2. The first kappa shape index (κ1) is 9.16. The van der Waals surface area contributed by atoms with Gasteiger partial charge in [-0.15, -0.1) is 0 Å². The molecule has 0 saturated heterocycles. The number of rotatable bonds is 3. The van der Waals surface area contributed by atoms with Gasteiger partial charge in [-0.05, 0) is 0 Å². The molecule has 0 saturated carbocycles. The molecule has 10 heavy (non-hydrogen) atoms. The minimum Gasteiger partial charge on any atom is -0.481 e. The monoisotopic (exact) mass is 170 g/mol. The van der Waals surface area contributed by atoms with E-state index < -0.39 is 23.5 Å². The summed E-state index contributed by atoms with van der Waals surface area (Å²) in [4.78, 5) is 19.5. The third-order valence-electron chi connectivity index (χ3n) is 0.686. The fourth-order valence-electron chi connectivity index (χ4n) is 0.266. The van der Waals surface area contributed by atoms with Gasteiger partial charge in [0.2, 0.25) is 0 Å². The highest BCUT2D eigenvalue weighted by Crippen LogP contribution is 2.21. The fraction of sp³-hybridized carbons (Fsp3) is 0.500. The Hall–Kier alpha value is -0.840. The van der Waals surface area contributed by atoms with E-state index in [1.54, 1.807) is 0 Å². The Morgan fingerprint density at radius 3 is 2.00 bits per heavy atom. The van der Waals surface area contributed by atoms with E-state index in [0.717, 1.165) is 0 Å². The van der Waals surface area contributed by atoms with Gasteiger partial charge in [-0.2, -0.15) is 0 Å². The highest BCUT2D eigenvalue weighted by atomic mass is 35.5. The van der Waals surface area contributed by atoms with Gasteiger partial charge in [-0.1, -0.05) is 11.6 Å². The summed E-state index contributed by atoms with van der Waals surface area (Å²) in [5.74, 6) is -3.59. The first-order valence-corrected chi connectivity index (χ1v) is 2.57. The molecule has 1 unspecified atom stereocenters. The lowest BCUT2D eigenvalue weighted by atomic mass is 10.3. The van der Waals surface area contributed by atoms with Crippen molar-refractivity contribution in [3.05, 3.63) is 0 Å². The number of alkyl halides is 2. The van der Waals surface area contributed by atoms with Crippen LogP contribution in [0.3, 0.4) is 0 Å². The predicted octanol–water partition coefficient (Wildman–Crippen LogP) is 0.450. The second-order valence-electron chi connectivity index (χ2n) is 1.58. The normalized spacial score (nSPS) is 15.8. The van der Waals surface area contributed by atoms with Crippen LogP contribution in [0.25, 0.3) is 0 Å². The molecule has 0 aliphatic heterocycles. The molecule has 58 valence electrons. The second-order valence-corrected chi connectivity index (χ2v) is 2.18. The zero-order chi connectivity index (χ0) is 8.36. The van der Waals surface area contributed by atoms with Crippen molar-refractivity contribution >= 4 is 23.5 Å². The molecule has 0 bridgehead atoms. The summed E-state index contributed by atoms with van der Waals surface area (Å²) in [6.07, 6.45) is -1.25. The average Bonchev–Trinajstić information content (AvgIpc) is 1.60. The van der Waals surface area contributed by atoms with Crippen LogP contribution >= 0.6 is 11.6 Å². The molecule has 0 rings (SSSR count). The van der Waals surface area contributed by atoms with E-state index in [1.807, 2.05) is 0 Å². The number of hydrogen-bond donors (Lipinski definition) is 2. The number of hydrogen-bond acceptors (Lipinski definition) is 2. The van der Waals surface area contributed by atoms with Crippen molar-refractivity contribution in [2.75, 3.05) is 0 Å². The lowest BCUT2D eigenvalue weighted by Crippen LogP contribution is -2.29. The third kappa shape index (κ3) is 2.63. The fourth-order valence-corrected chi connectivity index (χ4v) is 0.380. The second kappa shape index (κ2) is 2.83. The molecular weight excluding hydrogens is 166 g/mol. The molecule has 0 spiro atoms. The van der Waals surface area contributed by atoms with E-state index in [2.05, 4.69) is 11.6 Å². The Labute approximate surface area is 60.2 Å². The zero-order valence-corrected chi connectivity index (χ0v) is 5.43. The largest absolute Gasteiger partial charge is 0.481 e. The first-order chi connectivity index (χ1) is 4.36. The van der Waals surface area contributed by atoms with Crippen molar-refractivity contribution in [3.8, 4) is 0 Å². The maximum atomic E-state index is 12.2. The van der Waals surface area contributed by atoms with Crippen LogP contribution in [0.15, 0.2) is 0 Å². The van der Waals surface area contributed by atoms with Gasteiger partial charge in [0.1, 0.15) is 6.42 Å². The SMILES string of the molecule is O=C(O)CC(F)(Cl)C(=O)O. The quantitative estimate of drug-likeness (QED) is 0.603. The topological polar surface area (TPSA) is 74.6 Å². The van der Waals surface area contributed by atoms with Gasteiger partial charge < -0.3 is 10.2 Å². The van der Waals surface area contributed by atoms with E-state index in [0.29, 0.717) is 0 Å². The summed E-state index contributed by atoms with van der Waals surface area (Å²) in [6, 6.07) is 0. The minimum atomic E-state index is -3.19. The highest BCUT2D eigenvalue weighted by Gasteiger charge is 2.38. The summed E-state index contributed by atoms with van der Waals surface area (Å²) in [6.45, 7) is 0. The smallest absolute Gasteiger partial charge is 0.357 e. The Morgan fingerprint density at radius 2 is 1.90 bits per heavy atom. The van der Waals surface area contributed by atoms with Crippen LogP contribution in [0.4, 0.5) is 4.39 Å². The number of carboxylic acids is 2. The Kier molecular flexibility index (Phi) is 2.59. The van der Waals surface area contributed by atoms with Crippen molar-refractivity contribution in [3.63, 3.8) is 0 Å². The van der Waals surface area contributed by atoms with Crippen LogP contribution in [0.1, 0.15) is 6.42 Å². The number of halogens is 2. The van der Waals surface area contributed by atoms with Crippen LogP contribution in [0.2, 0.25) is 0 Å². The van der Waals surface area contributed by atoms with Gasteiger partial charge in [0.25, 0.3) is 5.13 Å².